The van der Waals surface area contributed by atoms with Crippen molar-refractivity contribution >= 4 is 56.0 Å². The molecule has 2 aromatic carbocycles. The second kappa shape index (κ2) is 8.31. The van der Waals surface area contributed by atoms with Gasteiger partial charge < -0.3 is 0 Å². The molecule has 0 aliphatic heterocycles. The number of nitrogens with zero attached hydrogens (tertiary/aromatic N) is 3. The first kappa shape index (κ1) is 18.9. The number of carbonyl (C=O) groups is 1. The maximum atomic E-state index is 13.4. The molecule has 0 saturated carbocycles. The van der Waals surface area contributed by atoms with Crippen LogP contribution in [0.15, 0.2) is 71.9 Å². The topological polar surface area (TPSA) is 46.1 Å². The van der Waals surface area contributed by atoms with Crippen LogP contribution in [0.2, 0.25) is 5.02 Å². The van der Waals surface area contributed by atoms with Crippen molar-refractivity contribution in [3.63, 3.8) is 0 Å². The summed E-state index contributed by atoms with van der Waals surface area (Å²) in [7, 11) is 0. The van der Waals surface area contributed by atoms with Crippen LogP contribution in [0.25, 0.3) is 10.2 Å². The minimum absolute atomic E-state index is 0.181. The van der Waals surface area contributed by atoms with Crippen LogP contribution in [0.1, 0.15) is 15.9 Å². The number of hydrogen-bond donors (Lipinski definition) is 0. The molecule has 0 spiro atoms. The number of hydrogen-bond acceptors (Lipinski definition) is 5. The molecule has 0 radical (unpaired) electrons. The Hall–Kier alpha value is -2.41. The van der Waals surface area contributed by atoms with Crippen LogP contribution in [0.4, 0.5) is 5.13 Å². The van der Waals surface area contributed by atoms with E-state index in [1.165, 1.54) is 11.3 Å². The first-order valence-electron chi connectivity index (χ1n) is 8.56. The molecule has 0 fully saturated rings. The van der Waals surface area contributed by atoms with Crippen LogP contribution in [0.3, 0.4) is 0 Å². The van der Waals surface area contributed by atoms with Gasteiger partial charge in [0.15, 0.2) is 5.13 Å². The van der Waals surface area contributed by atoms with Crippen molar-refractivity contribution in [1.82, 2.24) is 9.97 Å². The molecule has 4 aromatic rings. The number of thiazole rings is 1. The highest BCUT2D eigenvalue weighted by molar-refractivity contribution is 7.98. The summed E-state index contributed by atoms with van der Waals surface area (Å²) >= 11 is 9.44. The largest absolute Gasteiger partial charge is 0.279 e. The molecule has 0 saturated heterocycles. The molecule has 0 unspecified atom stereocenters. The smallest absolute Gasteiger partial charge is 0.261 e. The van der Waals surface area contributed by atoms with Gasteiger partial charge in [-0.05, 0) is 42.2 Å². The van der Waals surface area contributed by atoms with Gasteiger partial charge in [-0.2, -0.15) is 0 Å². The minimum Gasteiger partial charge on any atom is -0.279 e. The third-order valence-electron chi connectivity index (χ3n) is 4.23. The number of rotatable bonds is 5. The average molecular weight is 426 g/mol. The Balaban J connectivity index is 1.81. The van der Waals surface area contributed by atoms with Crippen molar-refractivity contribution in [3.8, 4) is 0 Å². The van der Waals surface area contributed by atoms with E-state index in [9.17, 15) is 4.79 Å². The van der Waals surface area contributed by atoms with Gasteiger partial charge in [0.1, 0.15) is 0 Å². The van der Waals surface area contributed by atoms with E-state index in [-0.39, 0.29) is 5.91 Å². The summed E-state index contributed by atoms with van der Waals surface area (Å²) in [6, 6.07) is 17.0. The number of amides is 1. The Bertz CT molecular complexity index is 1130. The van der Waals surface area contributed by atoms with Gasteiger partial charge in [0, 0.05) is 17.3 Å². The number of fused-ring (bicyclic) bond motifs is 1. The summed E-state index contributed by atoms with van der Waals surface area (Å²) in [5.41, 5.74) is 2.29. The minimum atomic E-state index is -0.181. The fourth-order valence-corrected chi connectivity index (χ4v) is 4.71. The Labute approximate surface area is 176 Å². The van der Waals surface area contributed by atoms with E-state index in [0.29, 0.717) is 22.3 Å². The molecule has 0 atom stereocenters. The van der Waals surface area contributed by atoms with E-state index < -0.39 is 0 Å². The highest BCUT2D eigenvalue weighted by Gasteiger charge is 2.24. The van der Waals surface area contributed by atoms with Crippen molar-refractivity contribution in [1.29, 1.82) is 0 Å². The third-order valence-corrected chi connectivity index (χ3v) is 6.38. The predicted molar refractivity (Wildman–Crippen MR) is 118 cm³/mol. The molecule has 2 aromatic heterocycles. The number of benzene rings is 2. The predicted octanol–water partition coefficient (Wildman–Crippen LogP) is 5.91. The highest BCUT2D eigenvalue weighted by atomic mass is 35.5. The van der Waals surface area contributed by atoms with Crippen LogP contribution in [0, 0.1) is 0 Å². The zero-order valence-electron chi connectivity index (χ0n) is 15.0. The summed E-state index contributed by atoms with van der Waals surface area (Å²) in [6.45, 7) is 0.367. The number of para-hydroxylation sites is 1. The Morgan fingerprint density at radius 1 is 1.14 bits per heavy atom. The van der Waals surface area contributed by atoms with Gasteiger partial charge in [0.05, 0.1) is 27.3 Å². The molecule has 1 amide bonds. The lowest BCUT2D eigenvalue weighted by atomic mass is 10.2. The fourth-order valence-electron chi connectivity index (χ4n) is 2.87. The monoisotopic (exact) mass is 425 g/mol. The summed E-state index contributed by atoms with van der Waals surface area (Å²) in [4.78, 5) is 25.1. The van der Waals surface area contributed by atoms with Crippen LogP contribution in [-0.4, -0.2) is 22.1 Å². The Kier molecular flexibility index (Phi) is 5.62. The zero-order valence-corrected chi connectivity index (χ0v) is 17.4. The zero-order chi connectivity index (χ0) is 19.5. The SMILES string of the molecule is CSc1cccc2sc(N(Cc3cccnc3)C(=O)c3ccccc3Cl)nc12. The molecule has 28 heavy (non-hydrogen) atoms. The normalized spacial score (nSPS) is 10.9. The van der Waals surface area contributed by atoms with Crippen molar-refractivity contribution in [3.05, 3.63) is 83.1 Å². The van der Waals surface area contributed by atoms with E-state index in [0.717, 1.165) is 20.7 Å². The molecule has 7 heteroatoms. The van der Waals surface area contributed by atoms with Crippen LogP contribution in [-0.2, 0) is 6.54 Å². The van der Waals surface area contributed by atoms with E-state index in [2.05, 4.69) is 4.98 Å². The lowest BCUT2D eigenvalue weighted by Crippen LogP contribution is -2.30. The maximum absolute atomic E-state index is 13.4. The number of pyridine rings is 1. The number of aromatic nitrogens is 2. The molecule has 0 N–H and O–H groups in total. The molecule has 0 aliphatic rings. The lowest BCUT2D eigenvalue weighted by Gasteiger charge is -2.20. The van der Waals surface area contributed by atoms with Gasteiger partial charge >= 0.3 is 0 Å². The lowest BCUT2D eigenvalue weighted by molar-refractivity contribution is 0.0985. The summed E-state index contributed by atoms with van der Waals surface area (Å²) in [6.07, 6.45) is 5.50. The molecular formula is C21H16ClN3OS2. The number of anilines is 1. The van der Waals surface area contributed by atoms with E-state index >= 15 is 0 Å². The fraction of sp³-hybridized carbons (Fsp3) is 0.0952. The third kappa shape index (κ3) is 3.76. The second-order valence-corrected chi connectivity index (χ2v) is 8.30. The van der Waals surface area contributed by atoms with Gasteiger partial charge in [-0.15, -0.1) is 11.8 Å². The van der Waals surface area contributed by atoms with Gasteiger partial charge in [-0.25, -0.2) is 4.98 Å². The van der Waals surface area contributed by atoms with E-state index in [1.807, 2.05) is 48.7 Å². The number of thioether (sulfide) groups is 1. The highest BCUT2D eigenvalue weighted by Crippen LogP contribution is 2.35. The molecule has 140 valence electrons. The van der Waals surface area contributed by atoms with Gasteiger partial charge in [0.25, 0.3) is 5.91 Å². The standard InChI is InChI=1S/C21H16ClN3OS2/c1-27-17-9-4-10-18-19(17)24-21(28-18)25(13-14-6-5-11-23-12-14)20(26)15-7-2-3-8-16(15)22/h2-12H,13H2,1H3. The summed E-state index contributed by atoms with van der Waals surface area (Å²) in [5, 5.41) is 1.07. The molecule has 0 aliphatic carbocycles. The first-order chi connectivity index (χ1) is 13.7. The Morgan fingerprint density at radius 2 is 2.00 bits per heavy atom. The maximum Gasteiger partial charge on any atom is 0.261 e. The second-order valence-electron chi connectivity index (χ2n) is 6.04. The summed E-state index contributed by atoms with van der Waals surface area (Å²) < 4.78 is 1.05. The molecule has 0 bridgehead atoms. The van der Waals surface area contributed by atoms with Crippen molar-refractivity contribution in [2.75, 3.05) is 11.2 Å². The molecule has 4 nitrogen and oxygen atoms in total. The van der Waals surface area contributed by atoms with Gasteiger partial charge in [0.2, 0.25) is 0 Å². The van der Waals surface area contributed by atoms with Crippen molar-refractivity contribution in [2.45, 2.75) is 11.4 Å². The summed E-state index contributed by atoms with van der Waals surface area (Å²) in [5.74, 6) is -0.181. The van der Waals surface area contributed by atoms with Gasteiger partial charge in [-0.1, -0.05) is 47.2 Å². The van der Waals surface area contributed by atoms with Crippen molar-refractivity contribution in [2.24, 2.45) is 0 Å². The first-order valence-corrected chi connectivity index (χ1v) is 11.0. The Morgan fingerprint density at radius 3 is 2.75 bits per heavy atom. The molecule has 4 rings (SSSR count). The molecule has 2 heterocycles. The molecular weight excluding hydrogens is 410 g/mol. The van der Waals surface area contributed by atoms with Crippen LogP contribution >= 0.6 is 34.7 Å². The van der Waals surface area contributed by atoms with E-state index in [4.69, 9.17) is 16.6 Å². The van der Waals surface area contributed by atoms with Crippen LogP contribution < -0.4 is 4.90 Å². The average Bonchev–Trinajstić information content (AvgIpc) is 3.16. The van der Waals surface area contributed by atoms with Crippen molar-refractivity contribution < 1.29 is 4.79 Å². The quantitative estimate of drug-likeness (QED) is 0.372. The van der Waals surface area contributed by atoms with Gasteiger partial charge in [-0.3, -0.25) is 14.7 Å². The van der Waals surface area contributed by atoms with E-state index in [1.54, 1.807) is 41.2 Å². The number of halogens is 1. The van der Waals surface area contributed by atoms with Crippen LogP contribution in [0.5, 0.6) is 0 Å². The number of carbonyl (C=O) groups excluding carboxylic acids is 1.